The minimum Gasteiger partial charge on any atom is -0.379 e. The van der Waals surface area contributed by atoms with Gasteiger partial charge in [-0.25, -0.2) is 4.68 Å². The van der Waals surface area contributed by atoms with E-state index in [9.17, 15) is 0 Å². The molecule has 3 aromatic rings. The van der Waals surface area contributed by atoms with E-state index in [2.05, 4.69) is 22.3 Å². The molecule has 1 N–H and O–H groups in total. The van der Waals surface area contributed by atoms with Crippen LogP contribution in [0.1, 0.15) is 11.1 Å². The summed E-state index contributed by atoms with van der Waals surface area (Å²) in [5.41, 5.74) is 4.27. The maximum absolute atomic E-state index is 6.11. The van der Waals surface area contributed by atoms with Crippen LogP contribution < -0.4 is 5.32 Å². The maximum atomic E-state index is 6.11. The Morgan fingerprint density at radius 1 is 1.24 bits per heavy atom. The van der Waals surface area contributed by atoms with Crippen molar-refractivity contribution in [2.45, 2.75) is 13.5 Å². The molecule has 0 bridgehead atoms. The zero-order chi connectivity index (χ0) is 14.7. The first kappa shape index (κ1) is 13.6. The molecule has 0 unspecified atom stereocenters. The highest BCUT2D eigenvalue weighted by molar-refractivity contribution is 6.31. The lowest BCUT2D eigenvalue weighted by Gasteiger charge is -2.13. The summed E-state index contributed by atoms with van der Waals surface area (Å²) in [4.78, 5) is 4.16. The molecule has 0 saturated carbocycles. The molecule has 0 atom stereocenters. The Kier molecular flexibility index (Phi) is 3.88. The van der Waals surface area contributed by atoms with Gasteiger partial charge in [-0.3, -0.25) is 4.98 Å². The molecule has 0 spiro atoms. The Morgan fingerprint density at radius 3 is 2.90 bits per heavy atom. The van der Waals surface area contributed by atoms with E-state index in [1.165, 1.54) is 5.56 Å². The van der Waals surface area contributed by atoms with E-state index in [0.717, 1.165) is 16.9 Å². The van der Waals surface area contributed by atoms with E-state index in [-0.39, 0.29) is 0 Å². The number of rotatable bonds is 4. The normalized spacial score (nSPS) is 10.6. The lowest BCUT2D eigenvalue weighted by molar-refractivity contribution is 0.879. The van der Waals surface area contributed by atoms with Gasteiger partial charge in [0.05, 0.1) is 11.4 Å². The number of aryl methyl sites for hydroxylation is 1. The second-order valence-electron chi connectivity index (χ2n) is 4.77. The van der Waals surface area contributed by atoms with Crippen LogP contribution in [0.4, 0.5) is 5.69 Å². The predicted octanol–water partition coefficient (Wildman–Crippen LogP) is 3.84. The Balaban J connectivity index is 1.88. The van der Waals surface area contributed by atoms with Crippen molar-refractivity contribution in [3.8, 4) is 5.69 Å². The van der Waals surface area contributed by atoms with Crippen LogP contribution in [0.25, 0.3) is 5.69 Å². The first-order valence-electron chi connectivity index (χ1n) is 6.67. The largest absolute Gasteiger partial charge is 0.379 e. The lowest BCUT2D eigenvalue weighted by Crippen LogP contribution is -2.06. The fourth-order valence-electron chi connectivity index (χ4n) is 2.13. The van der Waals surface area contributed by atoms with Gasteiger partial charge in [-0.05, 0) is 48.4 Å². The molecule has 3 rings (SSSR count). The molecule has 106 valence electrons. The van der Waals surface area contributed by atoms with Gasteiger partial charge in [-0.2, -0.15) is 5.10 Å². The fourth-order valence-corrected chi connectivity index (χ4v) is 2.31. The van der Waals surface area contributed by atoms with Gasteiger partial charge in [0.15, 0.2) is 0 Å². The molecule has 0 radical (unpaired) electrons. The Hall–Kier alpha value is -2.33. The molecule has 4 nitrogen and oxygen atoms in total. The lowest BCUT2D eigenvalue weighted by atomic mass is 10.1. The van der Waals surface area contributed by atoms with E-state index < -0.39 is 0 Å². The van der Waals surface area contributed by atoms with Crippen molar-refractivity contribution in [3.05, 3.63) is 71.3 Å². The highest BCUT2D eigenvalue weighted by Crippen LogP contribution is 2.24. The molecule has 0 amide bonds. The second kappa shape index (κ2) is 5.97. The van der Waals surface area contributed by atoms with Crippen LogP contribution in [0.5, 0.6) is 0 Å². The molecular weight excluding hydrogens is 284 g/mol. The van der Waals surface area contributed by atoms with Crippen molar-refractivity contribution in [1.29, 1.82) is 0 Å². The number of aromatic nitrogens is 3. The summed E-state index contributed by atoms with van der Waals surface area (Å²) in [5, 5.41) is 8.38. The van der Waals surface area contributed by atoms with E-state index in [0.29, 0.717) is 11.6 Å². The minimum absolute atomic E-state index is 0.689. The summed E-state index contributed by atoms with van der Waals surface area (Å²) in [5.74, 6) is 0. The van der Waals surface area contributed by atoms with E-state index in [1.807, 2.05) is 47.4 Å². The third kappa shape index (κ3) is 3.06. The minimum atomic E-state index is 0.689. The summed E-state index contributed by atoms with van der Waals surface area (Å²) in [6, 6.07) is 9.62. The fraction of sp³-hybridized carbons (Fsp3) is 0.125. The van der Waals surface area contributed by atoms with E-state index >= 15 is 0 Å². The number of nitrogens with one attached hydrogen (secondary N) is 1. The molecular formula is C16H15ClN4. The Labute approximate surface area is 128 Å². The standard InChI is InChI=1S/C16H15ClN4/c1-12-5-7-18-10-13(12)11-19-15-9-14(17)3-4-16(15)21-8-2-6-20-21/h2-10,19H,11H2,1H3. The van der Waals surface area contributed by atoms with Crippen molar-refractivity contribution in [3.63, 3.8) is 0 Å². The highest BCUT2D eigenvalue weighted by Gasteiger charge is 2.06. The number of hydrogen-bond donors (Lipinski definition) is 1. The molecule has 2 aromatic heterocycles. The van der Waals surface area contributed by atoms with Crippen LogP contribution in [0.15, 0.2) is 55.1 Å². The zero-order valence-corrected chi connectivity index (χ0v) is 12.4. The quantitative estimate of drug-likeness (QED) is 0.796. The number of benzene rings is 1. The summed E-state index contributed by atoms with van der Waals surface area (Å²) in [7, 11) is 0. The van der Waals surface area contributed by atoms with E-state index in [1.54, 1.807) is 12.4 Å². The Bertz CT molecular complexity index is 738. The summed E-state index contributed by atoms with van der Waals surface area (Å²) in [6.45, 7) is 2.76. The molecule has 2 heterocycles. The van der Waals surface area contributed by atoms with E-state index in [4.69, 9.17) is 11.6 Å². The first-order chi connectivity index (χ1) is 10.2. The second-order valence-corrected chi connectivity index (χ2v) is 5.20. The van der Waals surface area contributed by atoms with Gasteiger partial charge in [0.1, 0.15) is 0 Å². The van der Waals surface area contributed by atoms with Gasteiger partial charge in [0, 0.05) is 36.4 Å². The summed E-state index contributed by atoms with van der Waals surface area (Å²) in [6.07, 6.45) is 7.33. The zero-order valence-electron chi connectivity index (χ0n) is 11.6. The molecule has 0 fully saturated rings. The number of halogens is 1. The average molecular weight is 299 g/mol. The molecule has 5 heteroatoms. The molecule has 21 heavy (non-hydrogen) atoms. The van der Waals surface area contributed by atoms with Gasteiger partial charge in [-0.1, -0.05) is 11.6 Å². The van der Waals surface area contributed by atoms with Crippen molar-refractivity contribution < 1.29 is 0 Å². The monoisotopic (exact) mass is 298 g/mol. The van der Waals surface area contributed by atoms with Crippen molar-refractivity contribution in [2.24, 2.45) is 0 Å². The average Bonchev–Trinajstić information content (AvgIpc) is 3.00. The molecule has 0 saturated heterocycles. The van der Waals surface area contributed by atoms with Crippen LogP contribution in [0.3, 0.4) is 0 Å². The van der Waals surface area contributed by atoms with Gasteiger partial charge in [0.25, 0.3) is 0 Å². The number of pyridine rings is 1. The van der Waals surface area contributed by atoms with Gasteiger partial charge in [-0.15, -0.1) is 0 Å². The third-order valence-corrected chi connectivity index (χ3v) is 3.56. The van der Waals surface area contributed by atoms with Crippen molar-refractivity contribution in [1.82, 2.24) is 14.8 Å². The smallest absolute Gasteiger partial charge is 0.0877 e. The van der Waals surface area contributed by atoms with Crippen LogP contribution >= 0.6 is 11.6 Å². The van der Waals surface area contributed by atoms with Gasteiger partial charge >= 0.3 is 0 Å². The predicted molar refractivity (Wildman–Crippen MR) is 84.9 cm³/mol. The Morgan fingerprint density at radius 2 is 2.14 bits per heavy atom. The third-order valence-electron chi connectivity index (χ3n) is 3.33. The number of hydrogen-bond acceptors (Lipinski definition) is 3. The number of anilines is 1. The number of nitrogens with zero attached hydrogens (tertiary/aromatic N) is 3. The first-order valence-corrected chi connectivity index (χ1v) is 7.05. The topological polar surface area (TPSA) is 42.7 Å². The molecule has 0 aliphatic heterocycles. The van der Waals surface area contributed by atoms with Crippen LogP contribution in [-0.4, -0.2) is 14.8 Å². The highest BCUT2D eigenvalue weighted by atomic mass is 35.5. The van der Waals surface area contributed by atoms with Crippen LogP contribution in [0, 0.1) is 6.92 Å². The molecule has 0 aliphatic carbocycles. The molecule has 0 aliphatic rings. The summed E-state index contributed by atoms with van der Waals surface area (Å²) >= 11 is 6.11. The van der Waals surface area contributed by atoms with Gasteiger partial charge < -0.3 is 5.32 Å². The maximum Gasteiger partial charge on any atom is 0.0877 e. The SMILES string of the molecule is Cc1ccncc1CNc1cc(Cl)ccc1-n1cccn1. The summed E-state index contributed by atoms with van der Waals surface area (Å²) < 4.78 is 1.81. The van der Waals surface area contributed by atoms with Crippen molar-refractivity contribution >= 4 is 17.3 Å². The van der Waals surface area contributed by atoms with Crippen LogP contribution in [0.2, 0.25) is 5.02 Å². The van der Waals surface area contributed by atoms with Crippen LogP contribution in [-0.2, 0) is 6.54 Å². The van der Waals surface area contributed by atoms with Gasteiger partial charge in [0.2, 0.25) is 0 Å². The van der Waals surface area contributed by atoms with Crippen molar-refractivity contribution in [2.75, 3.05) is 5.32 Å². The molecule has 1 aromatic carbocycles.